The summed E-state index contributed by atoms with van der Waals surface area (Å²) in [7, 11) is 0. The lowest BCUT2D eigenvalue weighted by atomic mass is 9.96. The fourth-order valence-corrected chi connectivity index (χ4v) is 4.29. The largest absolute Gasteiger partial charge is 0.384 e. The number of aliphatic hydroxyl groups is 1. The molecule has 3 aromatic rings. The molecule has 0 bridgehead atoms. The summed E-state index contributed by atoms with van der Waals surface area (Å²) >= 11 is 1.78. The minimum atomic E-state index is -0.734. The molecule has 24 heavy (non-hydrogen) atoms. The maximum absolute atomic E-state index is 11.0. The number of rotatable bonds is 6. The maximum atomic E-state index is 11.0. The Bertz CT molecular complexity index is 809. The molecule has 3 nitrogen and oxygen atoms in total. The Hall–Kier alpha value is -1.88. The van der Waals surface area contributed by atoms with Crippen LogP contribution in [-0.4, -0.2) is 16.2 Å². The molecule has 4 rings (SSSR count). The smallest absolute Gasteiger partial charge is 0.103 e. The van der Waals surface area contributed by atoms with E-state index < -0.39 is 5.60 Å². The molecule has 1 aliphatic carbocycles. The van der Waals surface area contributed by atoms with Crippen LogP contribution in [0.2, 0.25) is 0 Å². The molecular weight excluding hydrogens is 316 g/mol. The van der Waals surface area contributed by atoms with Gasteiger partial charge in [0.15, 0.2) is 0 Å². The Labute approximate surface area is 146 Å². The van der Waals surface area contributed by atoms with Crippen molar-refractivity contribution in [2.45, 2.75) is 31.5 Å². The van der Waals surface area contributed by atoms with Crippen LogP contribution in [0.25, 0.3) is 0 Å². The van der Waals surface area contributed by atoms with Gasteiger partial charge in [-0.1, -0.05) is 30.3 Å². The molecule has 1 unspecified atom stereocenters. The fraction of sp³-hybridized carbons (Fsp3) is 0.300. The van der Waals surface area contributed by atoms with Crippen molar-refractivity contribution >= 4 is 11.3 Å². The number of benzene rings is 1. The van der Waals surface area contributed by atoms with Gasteiger partial charge in [0, 0.05) is 29.9 Å². The molecule has 0 spiro atoms. The second kappa shape index (κ2) is 6.55. The van der Waals surface area contributed by atoms with Gasteiger partial charge in [0.05, 0.1) is 6.54 Å². The SMILES string of the molecule is OC1(CNCc2cccn2Cc2cccs2)CCc2ccccc21. The van der Waals surface area contributed by atoms with Gasteiger partial charge >= 0.3 is 0 Å². The van der Waals surface area contributed by atoms with E-state index in [9.17, 15) is 5.11 Å². The van der Waals surface area contributed by atoms with E-state index in [1.807, 2.05) is 6.07 Å². The highest BCUT2D eigenvalue weighted by molar-refractivity contribution is 7.09. The Kier molecular flexibility index (Phi) is 4.27. The van der Waals surface area contributed by atoms with Gasteiger partial charge in [-0.25, -0.2) is 0 Å². The first-order chi connectivity index (χ1) is 11.7. The van der Waals surface area contributed by atoms with Crippen LogP contribution in [-0.2, 0) is 25.1 Å². The predicted octanol–water partition coefficient (Wildman–Crippen LogP) is 3.52. The molecule has 0 radical (unpaired) electrons. The summed E-state index contributed by atoms with van der Waals surface area (Å²) in [4.78, 5) is 1.36. The van der Waals surface area contributed by atoms with Crippen molar-refractivity contribution < 1.29 is 5.11 Å². The number of fused-ring (bicyclic) bond motifs is 1. The predicted molar refractivity (Wildman–Crippen MR) is 98.2 cm³/mol. The van der Waals surface area contributed by atoms with E-state index in [4.69, 9.17) is 0 Å². The Morgan fingerprint density at radius 1 is 1.12 bits per heavy atom. The summed E-state index contributed by atoms with van der Waals surface area (Å²) in [5.41, 5.74) is 2.88. The van der Waals surface area contributed by atoms with Crippen LogP contribution in [0, 0.1) is 0 Å². The van der Waals surface area contributed by atoms with Gasteiger partial charge < -0.3 is 15.0 Å². The fourth-order valence-electron chi connectivity index (χ4n) is 3.58. The molecule has 0 saturated heterocycles. The lowest BCUT2D eigenvalue weighted by Crippen LogP contribution is -2.36. The first-order valence-electron chi connectivity index (χ1n) is 8.42. The van der Waals surface area contributed by atoms with Gasteiger partial charge in [0.1, 0.15) is 5.60 Å². The third-order valence-corrected chi connectivity index (χ3v) is 5.74. The summed E-state index contributed by atoms with van der Waals surface area (Å²) in [5, 5.41) is 16.6. The van der Waals surface area contributed by atoms with Gasteiger partial charge in [0.25, 0.3) is 0 Å². The van der Waals surface area contributed by atoms with Gasteiger partial charge in [0.2, 0.25) is 0 Å². The zero-order valence-electron chi connectivity index (χ0n) is 13.6. The number of hydrogen-bond acceptors (Lipinski definition) is 3. The van der Waals surface area contributed by atoms with E-state index in [1.54, 1.807) is 11.3 Å². The Balaban J connectivity index is 1.39. The number of aromatic nitrogens is 1. The maximum Gasteiger partial charge on any atom is 0.103 e. The van der Waals surface area contributed by atoms with Crippen molar-refractivity contribution in [2.24, 2.45) is 0 Å². The van der Waals surface area contributed by atoms with E-state index in [-0.39, 0.29) is 0 Å². The van der Waals surface area contributed by atoms with Crippen LogP contribution in [0.1, 0.15) is 28.1 Å². The standard InChI is InChI=1S/C20H22N2OS/c23-20(10-9-16-5-1-2-8-19(16)20)15-21-13-17-6-3-11-22(17)14-18-7-4-12-24-18/h1-8,11-12,21,23H,9-10,13-15H2. The van der Waals surface area contributed by atoms with Gasteiger partial charge in [-0.3, -0.25) is 0 Å². The quantitative estimate of drug-likeness (QED) is 0.721. The second-order valence-electron chi connectivity index (χ2n) is 6.50. The average Bonchev–Trinajstić information content (AvgIpc) is 3.32. The molecule has 124 valence electrons. The van der Waals surface area contributed by atoms with Crippen molar-refractivity contribution in [2.75, 3.05) is 6.54 Å². The number of aryl methyl sites for hydroxylation is 1. The molecule has 2 heterocycles. The lowest BCUT2D eigenvalue weighted by molar-refractivity contribution is 0.0383. The highest BCUT2D eigenvalue weighted by Crippen LogP contribution is 2.36. The van der Waals surface area contributed by atoms with E-state index in [0.717, 1.165) is 31.5 Å². The minimum absolute atomic E-state index is 0.591. The van der Waals surface area contributed by atoms with Crippen molar-refractivity contribution in [3.8, 4) is 0 Å². The molecular formula is C20H22N2OS. The van der Waals surface area contributed by atoms with E-state index in [1.165, 1.54) is 16.1 Å². The van der Waals surface area contributed by atoms with E-state index in [2.05, 4.69) is 63.9 Å². The van der Waals surface area contributed by atoms with Crippen LogP contribution in [0.3, 0.4) is 0 Å². The van der Waals surface area contributed by atoms with Crippen LogP contribution in [0.5, 0.6) is 0 Å². The van der Waals surface area contributed by atoms with Crippen LogP contribution >= 0.6 is 11.3 Å². The number of thiophene rings is 1. The zero-order chi connectivity index (χ0) is 16.4. The number of nitrogens with zero attached hydrogens (tertiary/aromatic N) is 1. The molecule has 0 fully saturated rings. The first-order valence-corrected chi connectivity index (χ1v) is 9.30. The second-order valence-corrected chi connectivity index (χ2v) is 7.53. The van der Waals surface area contributed by atoms with Crippen molar-refractivity contribution in [1.82, 2.24) is 9.88 Å². The van der Waals surface area contributed by atoms with Crippen molar-refractivity contribution in [3.63, 3.8) is 0 Å². The Morgan fingerprint density at radius 2 is 2.04 bits per heavy atom. The summed E-state index contributed by atoms with van der Waals surface area (Å²) in [6.07, 6.45) is 3.88. The molecule has 0 amide bonds. The monoisotopic (exact) mass is 338 g/mol. The molecule has 0 saturated carbocycles. The van der Waals surface area contributed by atoms with Gasteiger partial charge in [-0.15, -0.1) is 11.3 Å². The average molecular weight is 338 g/mol. The highest BCUT2D eigenvalue weighted by Gasteiger charge is 2.35. The molecule has 2 aromatic heterocycles. The van der Waals surface area contributed by atoms with Gasteiger partial charge in [-0.05, 0) is 47.5 Å². The minimum Gasteiger partial charge on any atom is -0.384 e. The third-order valence-electron chi connectivity index (χ3n) is 4.88. The van der Waals surface area contributed by atoms with Crippen LogP contribution in [0.4, 0.5) is 0 Å². The number of hydrogen-bond donors (Lipinski definition) is 2. The highest BCUT2D eigenvalue weighted by atomic mass is 32.1. The summed E-state index contributed by atoms with van der Waals surface area (Å²) < 4.78 is 2.27. The summed E-state index contributed by atoms with van der Waals surface area (Å²) in [6, 6.07) is 16.7. The summed E-state index contributed by atoms with van der Waals surface area (Å²) in [6.45, 7) is 2.27. The third kappa shape index (κ3) is 3.05. The topological polar surface area (TPSA) is 37.2 Å². The molecule has 4 heteroatoms. The van der Waals surface area contributed by atoms with E-state index in [0.29, 0.717) is 6.54 Å². The summed E-state index contributed by atoms with van der Waals surface area (Å²) in [5.74, 6) is 0. The van der Waals surface area contributed by atoms with Crippen LogP contribution < -0.4 is 5.32 Å². The molecule has 1 atom stereocenters. The van der Waals surface area contributed by atoms with Gasteiger partial charge in [-0.2, -0.15) is 0 Å². The van der Waals surface area contributed by atoms with E-state index >= 15 is 0 Å². The van der Waals surface area contributed by atoms with Crippen molar-refractivity contribution in [3.05, 3.63) is 81.8 Å². The molecule has 0 aliphatic heterocycles. The normalized spacial score (nSPS) is 19.5. The molecule has 2 N–H and O–H groups in total. The Morgan fingerprint density at radius 3 is 2.92 bits per heavy atom. The number of nitrogens with one attached hydrogen (secondary N) is 1. The van der Waals surface area contributed by atoms with Crippen molar-refractivity contribution in [1.29, 1.82) is 0 Å². The molecule has 1 aromatic carbocycles. The van der Waals surface area contributed by atoms with Crippen LogP contribution in [0.15, 0.2) is 60.1 Å². The lowest BCUT2D eigenvalue weighted by Gasteiger charge is -2.24. The zero-order valence-corrected chi connectivity index (χ0v) is 14.4. The molecule has 1 aliphatic rings. The first kappa shape index (κ1) is 15.6.